The van der Waals surface area contributed by atoms with Crippen molar-refractivity contribution < 1.29 is 19.4 Å². The van der Waals surface area contributed by atoms with E-state index in [1.807, 2.05) is 0 Å². The van der Waals surface area contributed by atoms with Crippen LogP contribution in [0.15, 0.2) is 18.2 Å². The highest BCUT2D eigenvalue weighted by Crippen LogP contribution is 2.40. The van der Waals surface area contributed by atoms with Crippen LogP contribution in [0.1, 0.15) is 31.2 Å². The molecule has 1 aliphatic rings. The number of carbonyl (C=O) groups is 1. The van der Waals surface area contributed by atoms with Crippen molar-refractivity contribution in [2.75, 3.05) is 0 Å². The van der Waals surface area contributed by atoms with Gasteiger partial charge in [-0.15, -0.1) is 0 Å². The summed E-state index contributed by atoms with van der Waals surface area (Å²) in [4.78, 5) is 11.6. The maximum Gasteiger partial charge on any atom is 0.316 e. The average Bonchev–Trinajstić information content (AvgIpc) is 2.33. The SMILES string of the molecule is O=C(O)C1(c2ccc(Cl)c(F)c2)CCCCC1O. The van der Waals surface area contributed by atoms with Crippen LogP contribution in [0.3, 0.4) is 0 Å². The average molecular weight is 273 g/mol. The van der Waals surface area contributed by atoms with Gasteiger partial charge in [0.05, 0.1) is 11.1 Å². The van der Waals surface area contributed by atoms with Crippen LogP contribution in [0.4, 0.5) is 4.39 Å². The van der Waals surface area contributed by atoms with E-state index in [-0.39, 0.29) is 10.6 Å². The van der Waals surface area contributed by atoms with Gasteiger partial charge in [-0.2, -0.15) is 0 Å². The topological polar surface area (TPSA) is 57.5 Å². The maximum atomic E-state index is 13.5. The number of aliphatic hydroxyl groups is 1. The first-order valence-corrected chi connectivity index (χ1v) is 6.23. The Labute approximate surface area is 109 Å². The molecule has 2 rings (SSSR count). The van der Waals surface area contributed by atoms with E-state index >= 15 is 0 Å². The molecule has 0 saturated heterocycles. The second-order valence-corrected chi connectivity index (χ2v) is 5.07. The fraction of sp³-hybridized carbons (Fsp3) is 0.462. The number of hydrogen-bond acceptors (Lipinski definition) is 2. The van der Waals surface area contributed by atoms with Crippen LogP contribution >= 0.6 is 11.6 Å². The number of hydrogen-bond donors (Lipinski definition) is 2. The first kappa shape index (κ1) is 13.3. The molecular formula is C13H14ClFO3. The molecule has 0 radical (unpaired) electrons. The largest absolute Gasteiger partial charge is 0.481 e. The lowest BCUT2D eigenvalue weighted by Crippen LogP contribution is -2.48. The lowest BCUT2D eigenvalue weighted by molar-refractivity contribution is -0.151. The van der Waals surface area contributed by atoms with Gasteiger partial charge in [0, 0.05) is 0 Å². The number of carboxylic acid groups (broad SMARTS) is 1. The second kappa shape index (κ2) is 4.86. The number of aliphatic carboxylic acids is 1. The molecule has 1 aromatic carbocycles. The predicted molar refractivity (Wildman–Crippen MR) is 65.2 cm³/mol. The van der Waals surface area contributed by atoms with Gasteiger partial charge in [-0.05, 0) is 30.5 Å². The number of rotatable bonds is 2. The Morgan fingerprint density at radius 2 is 2.17 bits per heavy atom. The molecule has 0 spiro atoms. The summed E-state index contributed by atoms with van der Waals surface area (Å²) < 4.78 is 13.5. The number of halogens is 2. The minimum Gasteiger partial charge on any atom is -0.481 e. The van der Waals surface area contributed by atoms with Gasteiger partial charge in [0.1, 0.15) is 11.2 Å². The van der Waals surface area contributed by atoms with E-state index in [0.717, 1.165) is 12.5 Å². The molecule has 18 heavy (non-hydrogen) atoms. The summed E-state index contributed by atoms with van der Waals surface area (Å²) in [5.74, 6) is -1.77. The highest BCUT2D eigenvalue weighted by molar-refractivity contribution is 6.30. The van der Waals surface area contributed by atoms with Crippen LogP contribution in [0.5, 0.6) is 0 Å². The Morgan fingerprint density at radius 1 is 1.44 bits per heavy atom. The number of benzene rings is 1. The zero-order valence-corrected chi connectivity index (χ0v) is 10.5. The van der Waals surface area contributed by atoms with Crippen LogP contribution in [0, 0.1) is 5.82 Å². The van der Waals surface area contributed by atoms with Crippen LogP contribution < -0.4 is 0 Å². The molecule has 1 fully saturated rings. The highest BCUT2D eigenvalue weighted by Gasteiger charge is 2.48. The van der Waals surface area contributed by atoms with Gasteiger partial charge in [0.2, 0.25) is 0 Å². The van der Waals surface area contributed by atoms with Gasteiger partial charge in [-0.25, -0.2) is 4.39 Å². The monoisotopic (exact) mass is 272 g/mol. The summed E-state index contributed by atoms with van der Waals surface area (Å²) in [6.07, 6.45) is 1.21. The molecule has 0 heterocycles. The molecule has 0 aromatic heterocycles. The molecule has 3 nitrogen and oxygen atoms in total. The van der Waals surface area contributed by atoms with Gasteiger partial charge in [-0.1, -0.05) is 30.5 Å². The minimum atomic E-state index is -1.41. The smallest absolute Gasteiger partial charge is 0.316 e. The molecule has 98 valence electrons. The van der Waals surface area contributed by atoms with Crippen molar-refractivity contribution in [2.24, 2.45) is 0 Å². The van der Waals surface area contributed by atoms with Gasteiger partial charge < -0.3 is 10.2 Å². The first-order chi connectivity index (χ1) is 8.48. The van der Waals surface area contributed by atoms with Crippen molar-refractivity contribution >= 4 is 17.6 Å². The number of carboxylic acids is 1. The molecule has 1 aromatic rings. The summed E-state index contributed by atoms with van der Waals surface area (Å²) >= 11 is 5.60. The molecule has 1 saturated carbocycles. The van der Waals surface area contributed by atoms with E-state index in [2.05, 4.69) is 0 Å². The van der Waals surface area contributed by atoms with Gasteiger partial charge in [0.25, 0.3) is 0 Å². The maximum absolute atomic E-state index is 13.5. The second-order valence-electron chi connectivity index (χ2n) is 4.67. The summed E-state index contributed by atoms with van der Waals surface area (Å²) in [5, 5.41) is 19.5. The Bertz CT molecular complexity index is 477. The zero-order chi connectivity index (χ0) is 13.3. The molecule has 5 heteroatoms. The quantitative estimate of drug-likeness (QED) is 0.870. The third-order valence-electron chi connectivity index (χ3n) is 3.68. The van der Waals surface area contributed by atoms with Gasteiger partial charge in [-0.3, -0.25) is 4.79 Å². The van der Waals surface area contributed by atoms with Crippen molar-refractivity contribution in [1.29, 1.82) is 0 Å². The lowest BCUT2D eigenvalue weighted by atomic mass is 9.67. The van der Waals surface area contributed by atoms with E-state index in [4.69, 9.17) is 11.6 Å². The van der Waals surface area contributed by atoms with Crippen LogP contribution in [-0.4, -0.2) is 22.3 Å². The Kier molecular flexibility index (Phi) is 3.59. The Balaban J connectivity index is 2.52. The van der Waals surface area contributed by atoms with Crippen LogP contribution in [0.25, 0.3) is 0 Å². The fourth-order valence-corrected chi connectivity index (χ4v) is 2.76. The molecule has 0 aliphatic heterocycles. The zero-order valence-electron chi connectivity index (χ0n) is 9.70. The molecule has 0 amide bonds. The molecule has 0 bridgehead atoms. The molecule has 2 atom stereocenters. The van der Waals surface area contributed by atoms with E-state index in [1.54, 1.807) is 0 Å². The molecule has 1 aliphatic carbocycles. The first-order valence-electron chi connectivity index (χ1n) is 5.85. The standard InChI is InChI=1S/C13H14ClFO3/c14-9-5-4-8(7-10(9)15)13(12(17)18)6-2-1-3-11(13)16/h4-5,7,11,16H,1-3,6H2,(H,17,18). The van der Waals surface area contributed by atoms with Crippen molar-refractivity contribution in [2.45, 2.75) is 37.2 Å². The summed E-state index contributed by atoms with van der Waals surface area (Å²) in [6, 6.07) is 3.93. The lowest BCUT2D eigenvalue weighted by Gasteiger charge is -2.38. The van der Waals surface area contributed by atoms with Gasteiger partial charge in [0.15, 0.2) is 0 Å². The Morgan fingerprint density at radius 3 is 2.72 bits per heavy atom. The summed E-state index contributed by atoms with van der Waals surface area (Å²) in [7, 11) is 0. The van der Waals surface area contributed by atoms with Crippen LogP contribution in [-0.2, 0) is 10.2 Å². The minimum absolute atomic E-state index is 0.0513. The van der Waals surface area contributed by atoms with E-state index < -0.39 is 23.3 Å². The van der Waals surface area contributed by atoms with Crippen molar-refractivity contribution in [3.05, 3.63) is 34.6 Å². The molecule has 2 N–H and O–H groups in total. The van der Waals surface area contributed by atoms with E-state index in [1.165, 1.54) is 12.1 Å². The van der Waals surface area contributed by atoms with Crippen molar-refractivity contribution in [3.63, 3.8) is 0 Å². The van der Waals surface area contributed by atoms with Crippen LogP contribution in [0.2, 0.25) is 5.02 Å². The summed E-state index contributed by atoms with van der Waals surface area (Å²) in [6.45, 7) is 0. The predicted octanol–water partition coefficient (Wildman–Crippen LogP) is 2.74. The molecular weight excluding hydrogens is 259 g/mol. The number of aliphatic hydroxyl groups excluding tert-OH is 1. The van der Waals surface area contributed by atoms with E-state index in [0.29, 0.717) is 19.3 Å². The van der Waals surface area contributed by atoms with Gasteiger partial charge >= 0.3 is 5.97 Å². The van der Waals surface area contributed by atoms with Crippen molar-refractivity contribution in [3.8, 4) is 0 Å². The normalized spacial score (nSPS) is 28.1. The fourth-order valence-electron chi connectivity index (χ4n) is 2.64. The Hall–Kier alpha value is -1.13. The van der Waals surface area contributed by atoms with E-state index in [9.17, 15) is 19.4 Å². The third-order valence-corrected chi connectivity index (χ3v) is 3.99. The molecule has 2 unspecified atom stereocenters. The summed E-state index contributed by atoms with van der Waals surface area (Å²) in [5.41, 5.74) is -1.13. The van der Waals surface area contributed by atoms with Crippen molar-refractivity contribution in [1.82, 2.24) is 0 Å². The highest BCUT2D eigenvalue weighted by atomic mass is 35.5. The third kappa shape index (κ3) is 1.99.